The van der Waals surface area contributed by atoms with Gasteiger partial charge in [0.05, 0.1) is 17.9 Å². The van der Waals surface area contributed by atoms with Crippen LogP contribution in [0.4, 0.5) is 5.69 Å². The molecule has 0 unspecified atom stereocenters. The van der Waals surface area contributed by atoms with E-state index >= 15 is 0 Å². The molecule has 2 aromatic rings. The summed E-state index contributed by atoms with van der Waals surface area (Å²) < 4.78 is 1.47. The molecule has 2 aromatic heterocycles. The van der Waals surface area contributed by atoms with Crippen LogP contribution in [0.2, 0.25) is 0 Å². The Bertz CT molecular complexity index is 543. The molecule has 0 fully saturated rings. The normalized spacial score (nSPS) is 10.6. The summed E-state index contributed by atoms with van der Waals surface area (Å²) in [5, 5.41) is 20.0. The molecular formula is C9H14N8O. The highest BCUT2D eigenvalue weighted by Crippen LogP contribution is 2.16. The zero-order valence-corrected chi connectivity index (χ0v) is 10.1. The third-order valence-corrected chi connectivity index (χ3v) is 2.51. The molecule has 0 aromatic carbocycles. The van der Waals surface area contributed by atoms with Crippen LogP contribution >= 0.6 is 0 Å². The summed E-state index contributed by atoms with van der Waals surface area (Å²) in [6, 6.07) is 0. The molecule has 0 atom stereocenters. The second-order valence-corrected chi connectivity index (χ2v) is 3.70. The molecule has 0 aliphatic carbocycles. The minimum atomic E-state index is -0.313. The third kappa shape index (κ3) is 2.14. The van der Waals surface area contributed by atoms with Gasteiger partial charge in [-0.25, -0.2) is 0 Å². The molecule has 2 rings (SSSR count). The Labute approximate surface area is 103 Å². The molecule has 96 valence electrons. The van der Waals surface area contributed by atoms with E-state index in [0.29, 0.717) is 29.3 Å². The van der Waals surface area contributed by atoms with Crippen molar-refractivity contribution in [2.75, 3.05) is 5.73 Å². The highest BCUT2D eigenvalue weighted by molar-refractivity contribution is 5.97. The van der Waals surface area contributed by atoms with Crippen molar-refractivity contribution in [3.63, 3.8) is 0 Å². The van der Waals surface area contributed by atoms with Crippen molar-refractivity contribution in [1.82, 2.24) is 35.7 Å². The van der Waals surface area contributed by atoms with Crippen molar-refractivity contribution in [1.29, 1.82) is 0 Å². The monoisotopic (exact) mass is 250 g/mol. The number of carbonyl (C=O) groups is 1. The van der Waals surface area contributed by atoms with E-state index in [4.69, 9.17) is 5.73 Å². The number of aromatic nitrogens is 6. The minimum absolute atomic E-state index is 0.182. The van der Waals surface area contributed by atoms with Gasteiger partial charge in [-0.1, -0.05) is 12.1 Å². The standard InChI is InChI=1S/C9H14N8O/c1-3-5-7(10)8(17(2)14-5)9(18)11-4-6-12-15-16-13-6/h3-4,10H2,1-2H3,(H,11,18)(H,12,13,15,16). The molecule has 4 N–H and O–H groups in total. The first-order valence-corrected chi connectivity index (χ1v) is 5.45. The molecule has 9 heteroatoms. The van der Waals surface area contributed by atoms with Crippen LogP contribution in [0, 0.1) is 0 Å². The van der Waals surface area contributed by atoms with Crippen molar-refractivity contribution in [3.05, 3.63) is 17.2 Å². The second-order valence-electron chi connectivity index (χ2n) is 3.70. The molecule has 0 aliphatic heterocycles. The predicted molar refractivity (Wildman–Crippen MR) is 62.3 cm³/mol. The number of hydrogen-bond donors (Lipinski definition) is 3. The van der Waals surface area contributed by atoms with Crippen LogP contribution in [0.15, 0.2) is 0 Å². The van der Waals surface area contributed by atoms with Crippen molar-refractivity contribution in [2.24, 2.45) is 7.05 Å². The van der Waals surface area contributed by atoms with Crippen LogP contribution in [0.5, 0.6) is 0 Å². The Kier molecular flexibility index (Phi) is 3.22. The van der Waals surface area contributed by atoms with Crippen LogP contribution in [0.1, 0.15) is 28.9 Å². The van der Waals surface area contributed by atoms with Crippen molar-refractivity contribution < 1.29 is 4.79 Å². The number of amides is 1. The number of rotatable bonds is 4. The van der Waals surface area contributed by atoms with Crippen LogP contribution in [-0.4, -0.2) is 36.3 Å². The molecule has 18 heavy (non-hydrogen) atoms. The van der Waals surface area contributed by atoms with E-state index in [0.717, 1.165) is 0 Å². The number of nitrogens with zero attached hydrogens (tertiary/aromatic N) is 5. The van der Waals surface area contributed by atoms with Gasteiger partial charge in [-0.3, -0.25) is 9.48 Å². The number of aromatic amines is 1. The summed E-state index contributed by atoms with van der Waals surface area (Å²) in [7, 11) is 1.68. The van der Waals surface area contributed by atoms with E-state index in [-0.39, 0.29) is 12.5 Å². The third-order valence-electron chi connectivity index (χ3n) is 2.51. The van der Waals surface area contributed by atoms with Crippen LogP contribution < -0.4 is 11.1 Å². The van der Waals surface area contributed by atoms with Gasteiger partial charge in [0.2, 0.25) is 0 Å². The number of aryl methyl sites for hydroxylation is 2. The van der Waals surface area contributed by atoms with Gasteiger partial charge in [0.15, 0.2) is 5.82 Å². The maximum absolute atomic E-state index is 12.0. The van der Waals surface area contributed by atoms with Crippen molar-refractivity contribution in [3.8, 4) is 0 Å². The minimum Gasteiger partial charge on any atom is -0.395 e. The Hall–Kier alpha value is -2.45. The SMILES string of the molecule is CCc1nn(C)c(C(=O)NCc2nn[nH]n2)c1N. The fraction of sp³-hybridized carbons (Fsp3) is 0.444. The summed E-state index contributed by atoms with van der Waals surface area (Å²) in [6.07, 6.45) is 0.678. The largest absolute Gasteiger partial charge is 0.395 e. The average Bonchev–Trinajstić information content (AvgIpc) is 2.94. The first kappa shape index (κ1) is 12.0. The summed E-state index contributed by atoms with van der Waals surface area (Å²) in [6.45, 7) is 2.11. The topological polar surface area (TPSA) is 127 Å². The van der Waals surface area contributed by atoms with E-state index in [1.807, 2.05) is 6.92 Å². The van der Waals surface area contributed by atoms with Crippen LogP contribution in [0.3, 0.4) is 0 Å². The molecular weight excluding hydrogens is 236 g/mol. The lowest BCUT2D eigenvalue weighted by Crippen LogP contribution is -2.26. The number of anilines is 1. The average molecular weight is 250 g/mol. The van der Waals surface area contributed by atoms with Gasteiger partial charge < -0.3 is 11.1 Å². The molecule has 0 saturated heterocycles. The lowest BCUT2D eigenvalue weighted by molar-refractivity contribution is 0.0941. The first-order valence-electron chi connectivity index (χ1n) is 5.45. The molecule has 2 heterocycles. The number of H-pyrrole nitrogens is 1. The zero-order valence-electron chi connectivity index (χ0n) is 10.1. The smallest absolute Gasteiger partial charge is 0.272 e. The van der Waals surface area contributed by atoms with E-state index in [9.17, 15) is 4.79 Å². The maximum Gasteiger partial charge on any atom is 0.272 e. The number of nitrogen functional groups attached to an aromatic ring is 1. The molecule has 0 spiro atoms. The summed E-state index contributed by atoms with van der Waals surface area (Å²) in [5.41, 5.74) is 7.33. The van der Waals surface area contributed by atoms with Gasteiger partial charge in [-0.2, -0.15) is 10.3 Å². The Morgan fingerprint density at radius 3 is 2.89 bits per heavy atom. The van der Waals surface area contributed by atoms with Gasteiger partial charge in [-0.15, -0.1) is 10.2 Å². The zero-order chi connectivity index (χ0) is 13.1. The van der Waals surface area contributed by atoms with Gasteiger partial charge >= 0.3 is 0 Å². The van der Waals surface area contributed by atoms with E-state index in [1.165, 1.54) is 4.68 Å². The lowest BCUT2D eigenvalue weighted by Gasteiger charge is -2.03. The molecule has 0 bridgehead atoms. The molecule has 0 radical (unpaired) electrons. The quantitative estimate of drug-likeness (QED) is 0.639. The lowest BCUT2D eigenvalue weighted by atomic mass is 10.2. The number of nitrogens with two attached hydrogens (primary N) is 1. The molecule has 1 amide bonds. The number of carbonyl (C=O) groups excluding carboxylic acids is 1. The Balaban J connectivity index is 2.11. The molecule has 0 saturated carbocycles. The highest BCUT2D eigenvalue weighted by atomic mass is 16.2. The first-order chi connectivity index (χ1) is 8.63. The Morgan fingerprint density at radius 2 is 2.33 bits per heavy atom. The van der Waals surface area contributed by atoms with Gasteiger partial charge in [0.25, 0.3) is 5.91 Å². The van der Waals surface area contributed by atoms with Gasteiger partial charge in [0.1, 0.15) is 5.69 Å². The van der Waals surface area contributed by atoms with Crippen LogP contribution in [0.25, 0.3) is 0 Å². The maximum atomic E-state index is 12.0. The van der Waals surface area contributed by atoms with Gasteiger partial charge in [0, 0.05) is 7.05 Å². The van der Waals surface area contributed by atoms with Gasteiger partial charge in [-0.05, 0) is 6.42 Å². The number of nitrogens with one attached hydrogen (secondary N) is 2. The number of hydrogen-bond acceptors (Lipinski definition) is 6. The van der Waals surface area contributed by atoms with Crippen LogP contribution in [-0.2, 0) is 20.0 Å². The fourth-order valence-corrected chi connectivity index (χ4v) is 1.63. The summed E-state index contributed by atoms with van der Waals surface area (Å²) >= 11 is 0. The Morgan fingerprint density at radius 1 is 1.56 bits per heavy atom. The van der Waals surface area contributed by atoms with E-state index < -0.39 is 0 Å². The second kappa shape index (κ2) is 4.82. The molecule has 0 aliphatic rings. The van der Waals surface area contributed by atoms with E-state index in [1.54, 1.807) is 7.05 Å². The number of tetrazole rings is 1. The fourth-order valence-electron chi connectivity index (χ4n) is 1.63. The summed E-state index contributed by atoms with van der Waals surface area (Å²) in [5.74, 6) is 0.0896. The van der Waals surface area contributed by atoms with Crippen molar-refractivity contribution >= 4 is 11.6 Å². The summed E-state index contributed by atoms with van der Waals surface area (Å²) in [4.78, 5) is 12.0. The van der Waals surface area contributed by atoms with Crippen molar-refractivity contribution in [2.45, 2.75) is 19.9 Å². The van der Waals surface area contributed by atoms with E-state index in [2.05, 4.69) is 31.0 Å². The highest BCUT2D eigenvalue weighted by Gasteiger charge is 2.19. The predicted octanol–water partition coefficient (Wildman–Crippen LogP) is -0.992. The molecule has 9 nitrogen and oxygen atoms in total.